The zero-order valence-electron chi connectivity index (χ0n) is 14.9. The van der Waals surface area contributed by atoms with E-state index >= 15 is 0 Å². The third-order valence-electron chi connectivity index (χ3n) is 4.96. The fraction of sp³-hybridized carbons (Fsp3) is 0.632. The van der Waals surface area contributed by atoms with E-state index < -0.39 is 0 Å². The van der Waals surface area contributed by atoms with Crippen molar-refractivity contribution in [2.24, 2.45) is 10.9 Å². The number of anilines is 1. The van der Waals surface area contributed by atoms with Crippen molar-refractivity contribution in [1.29, 1.82) is 0 Å². The molecule has 2 aliphatic rings. The second-order valence-electron chi connectivity index (χ2n) is 6.83. The Balaban J connectivity index is 1.45. The number of ether oxygens (including phenoxy) is 1. The van der Waals surface area contributed by atoms with Gasteiger partial charge >= 0.3 is 0 Å². The SMILES string of the molecule is CN=C(NCCCC1CC1)NC1CCN(c2ccccc2OC)C1. The van der Waals surface area contributed by atoms with Crippen molar-refractivity contribution in [3.63, 3.8) is 0 Å². The molecule has 24 heavy (non-hydrogen) atoms. The van der Waals surface area contributed by atoms with Gasteiger partial charge in [0.25, 0.3) is 0 Å². The molecule has 0 radical (unpaired) electrons. The Morgan fingerprint density at radius 2 is 2.12 bits per heavy atom. The van der Waals surface area contributed by atoms with Crippen LogP contribution in [0.15, 0.2) is 29.3 Å². The van der Waals surface area contributed by atoms with Crippen molar-refractivity contribution in [2.45, 2.75) is 38.1 Å². The summed E-state index contributed by atoms with van der Waals surface area (Å²) in [5, 5.41) is 7.02. The Kier molecular flexibility index (Phi) is 5.83. The number of para-hydroxylation sites is 2. The molecule has 0 bridgehead atoms. The topological polar surface area (TPSA) is 48.9 Å². The van der Waals surface area contributed by atoms with Gasteiger partial charge < -0.3 is 20.3 Å². The highest BCUT2D eigenvalue weighted by molar-refractivity contribution is 5.80. The molecule has 1 saturated heterocycles. The van der Waals surface area contributed by atoms with Crippen molar-refractivity contribution >= 4 is 11.6 Å². The molecule has 1 aromatic carbocycles. The molecule has 0 aromatic heterocycles. The molecule has 1 atom stereocenters. The smallest absolute Gasteiger partial charge is 0.191 e. The van der Waals surface area contributed by atoms with Crippen LogP contribution in [0.25, 0.3) is 0 Å². The Hall–Kier alpha value is -1.91. The van der Waals surface area contributed by atoms with Crippen LogP contribution in [-0.4, -0.2) is 45.8 Å². The van der Waals surface area contributed by atoms with Crippen LogP contribution in [0.2, 0.25) is 0 Å². The van der Waals surface area contributed by atoms with E-state index in [2.05, 4.69) is 32.7 Å². The summed E-state index contributed by atoms with van der Waals surface area (Å²) >= 11 is 0. The molecule has 1 unspecified atom stereocenters. The minimum absolute atomic E-state index is 0.421. The highest BCUT2D eigenvalue weighted by Crippen LogP contribution is 2.33. The first-order valence-electron chi connectivity index (χ1n) is 9.15. The van der Waals surface area contributed by atoms with Crippen LogP contribution in [0.1, 0.15) is 32.1 Å². The maximum atomic E-state index is 5.49. The third kappa shape index (κ3) is 4.56. The number of benzene rings is 1. The monoisotopic (exact) mass is 330 g/mol. The maximum Gasteiger partial charge on any atom is 0.191 e. The van der Waals surface area contributed by atoms with Gasteiger partial charge in [0, 0.05) is 32.7 Å². The summed E-state index contributed by atoms with van der Waals surface area (Å²) in [6.07, 6.45) is 6.58. The fourth-order valence-electron chi connectivity index (χ4n) is 3.38. The average molecular weight is 330 g/mol. The molecule has 1 heterocycles. The molecule has 2 fully saturated rings. The lowest BCUT2D eigenvalue weighted by molar-refractivity contribution is 0.415. The number of nitrogens with one attached hydrogen (secondary N) is 2. The fourth-order valence-corrected chi connectivity index (χ4v) is 3.38. The van der Waals surface area contributed by atoms with Gasteiger partial charge in [-0.1, -0.05) is 25.0 Å². The van der Waals surface area contributed by atoms with Gasteiger partial charge in [-0.15, -0.1) is 0 Å². The quantitative estimate of drug-likeness (QED) is 0.458. The molecular formula is C19H30N4O. The number of guanidine groups is 1. The molecule has 5 heteroatoms. The van der Waals surface area contributed by atoms with Gasteiger partial charge in [-0.2, -0.15) is 0 Å². The summed E-state index contributed by atoms with van der Waals surface area (Å²) < 4.78 is 5.49. The average Bonchev–Trinajstić information content (AvgIpc) is 3.34. The minimum atomic E-state index is 0.421. The molecule has 1 aromatic rings. The number of hydrogen-bond donors (Lipinski definition) is 2. The molecule has 3 rings (SSSR count). The van der Waals surface area contributed by atoms with E-state index in [1.54, 1.807) is 7.11 Å². The van der Waals surface area contributed by atoms with Gasteiger partial charge in [-0.05, 0) is 37.3 Å². The van der Waals surface area contributed by atoms with Crippen LogP contribution in [0.5, 0.6) is 5.75 Å². The first kappa shape index (κ1) is 16.9. The highest BCUT2D eigenvalue weighted by Gasteiger charge is 2.25. The predicted molar refractivity (Wildman–Crippen MR) is 100 cm³/mol. The molecule has 5 nitrogen and oxygen atoms in total. The second kappa shape index (κ2) is 8.27. The summed E-state index contributed by atoms with van der Waals surface area (Å²) in [6, 6.07) is 8.66. The summed E-state index contributed by atoms with van der Waals surface area (Å²) in [6.45, 7) is 3.03. The van der Waals surface area contributed by atoms with Crippen molar-refractivity contribution in [3.8, 4) is 5.75 Å². The van der Waals surface area contributed by atoms with Crippen LogP contribution in [0.4, 0.5) is 5.69 Å². The van der Waals surface area contributed by atoms with E-state index in [-0.39, 0.29) is 0 Å². The van der Waals surface area contributed by atoms with Gasteiger partial charge in [-0.25, -0.2) is 0 Å². The van der Waals surface area contributed by atoms with E-state index in [4.69, 9.17) is 4.74 Å². The highest BCUT2D eigenvalue weighted by atomic mass is 16.5. The largest absolute Gasteiger partial charge is 0.495 e. The molecule has 132 valence electrons. The summed E-state index contributed by atoms with van der Waals surface area (Å²) in [4.78, 5) is 6.75. The number of aliphatic imine (C=N–C) groups is 1. The van der Waals surface area contributed by atoms with Crippen LogP contribution in [0, 0.1) is 5.92 Å². The van der Waals surface area contributed by atoms with Crippen molar-refractivity contribution in [1.82, 2.24) is 10.6 Å². The Labute approximate surface area is 145 Å². The standard InChI is InChI=1S/C19H30N4O/c1-20-19(21-12-5-6-15-9-10-15)22-16-11-13-23(14-16)17-7-3-4-8-18(17)24-2/h3-4,7-8,15-16H,5-6,9-14H2,1-2H3,(H2,20,21,22). The Morgan fingerprint density at radius 3 is 2.88 bits per heavy atom. The second-order valence-corrected chi connectivity index (χ2v) is 6.83. The normalized spacial score (nSPS) is 21.0. The lowest BCUT2D eigenvalue weighted by atomic mass is 10.2. The minimum Gasteiger partial charge on any atom is -0.495 e. The van der Waals surface area contributed by atoms with Crippen molar-refractivity contribution in [3.05, 3.63) is 24.3 Å². The van der Waals surface area contributed by atoms with E-state index in [0.717, 1.165) is 43.7 Å². The summed E-state index contributed by atoms with van der Waals surface area (Å²) in [5.74, 6) is 2.88. The molecule has 1 saturated carbocycles. The zero-order valence-corrected chi connectivity index (χ0v) is 14.9. The Bertz CT molecular complexity index is 556. The summed E-state index contributed by atoms with van der Waals surface area (Å²) in [5.41, 5.74) is 1.18. The van der Waals surface area contributed by atoms with Gasteiger partial charge in [-0.3, -0.25) is 4.99 Å². The predicted octanol–water partition coefficient (Wildman–Crippen LogP) is 2.63. The van der Waals surface area contributed by atoms with Crippen molar-refractivity contribution < 1.29 is 4.74 Å². The number of nitrogens with zero attached hydrogens (tertiary/aromatic N) is 2. The van der Waals surface area contributed by atoms with Crippen LogP contribution >= 0.6 is 0 Å². The van der Waals surface area contributed by atoms with Crippen LogP contribution in [-0.2, 0) is 0 Å². The number of hydrogen-bond acceptors (Lipinski definition) is 3. The van der Waals surface area contributed by atoms with Gasteiger partial charge in [0.05, 0.1) is 12.8 Å². The van der Waals surface area contributed by atoms with Crippen molar-refractivity contribution in [2.75, 3.05) is 38.7 Å². The molecular weight excluding hydrogens is 300 g/mol. The van der Waals surface area contributed by atoms with Gasteiger partial charge in [0.15, 0.2) is 5.96 Å². The maximum absolute atomic E-state index is 5.49. The first-order chi connectivity index (χ1) is 11.8. The zero-order chi connectivity index (χ0) is 16.8. The van der Waals surface area contributed by atoms with E-state index in [1.807, 2.05) is 19.2 Å². The van der Waals surface area contributed by atoms with Gasteiger partial charge in [0.1, 0.15) is 5.75 Å². The molecule has 1 aliphatic heterocycles. The lowest BCUT2D eigenvalue weighted by Crippen LogP contribution is -2.44. The van der Waals surface area contributed by atoms with E-state index in [1.165, 1.54) is 31.4 Å². The third-order valence-corrected chi connectivity index (χ3v) is 4.96. The molecule has 1 aliphatic carbocycles. The summed E-state index contributed by atoms with van der Waals surface area (Å²) in [7, 11) is 3.58. The Morgan fingerprint density at radius 1 is 1.29 bits per heavy atom. The molecule has 0 spiro atoms. The molecule has 0 amide bonds. The first-order valence-corrected chi connectivity index (χ1v) is 9.15. The lowest BCUT2D eigenvalue weighted by Gasteiger charge is -2.22. The van der Waals surface area contributed by atoms with E-state index in [0.29, 0.717) is 6.04 Å². The number of rotatable bonds is 7. The van der Waals surface area contributed by atoms with Crippen LogP contribution in [0.3, 0.4) is 0 Å². The van der Waals surface area contributed by atoms with Gasteiger partial charge in [0.2, 0.25) is 0 Å². The number of methoxy groups -OCH3 is 1. The van der Waals surface area contributed by atoms with E-state index in [9.17, 15) is 0 Å². The van der Waals surface area contributed by atoms with Crippen LogP contribution < -0.4 is 20.3 Å². The molecule has 2 N–H and O–H groups in total.